The van der Waals surface area contributed by atoms with Gasteiger partial charge in [0.1, 0.15) is 31.5 Å². The number of benzene rings is 1. The summed E-state index contributed by atoms with van der Waals surface area (Å²) in [7, 11) is 0. The quantitative estimate of drug-likeness (QED) is 0.401. The molecule has 170 valence electrons. The van der Waals surface area contributed by atoms with Crippen molar-refractivity contribution in [3.63, 3.8) is 0 Å². The summed E-state index contributed by atoms with van der Waals surface area (Å²) in [6, 6.07) is 7.81. The highest BCUT2D eigenvalue weighted by Crippen LogP contribution is 2.36. The molecule has 0 aromatic heterocycles. The zero-order valence-electron chi connectivity index (χ0n) is 17.1. The number of cyclic esters (lactones) is 1. The van der Waals surface area contributed by atoms with Crippen LogP contribution in [0.3, 0.4) is 0 Å². The predicted molar refractivity (Wildman–Crippen MR) is 103 cm³/mol. The zero-order valence-corrected chi connectivity index (χ0v) is 17.1. The van der Waals surface area contributed by atoms with Crippen LogP contribution in [0.2, 0.25) is 0 Å². The van der Waals surface area contributed by atoms with Gasteiger partial charge in [0.15, 0.2) is 17.9 Å². The number of aliphatic hydroxyl groups is 2. The number of fused-ring (bicyclic) bond motifs is 1. The number of carbonyl (C=O) groups excluding carboxylic acids is 3. The number of esters is 1. The first-order valence-electron chi connectivity index (χ1n) is 9.79. The van der Waals surface area contributed by atoms with Gasteiger partial charge in [0.25, 0.3) is 0 Å². The van der Waals surface area contributed by atoms with Gasteiger partial charge in [0, 0.05) is 0 Å². The van der Waals surface area contributed by atoms with Crippen molar-refractivity contribution in [3.8, 4) is 0 Å². The van der Waals surface area contributed by atoms with Gasteiger partial charge in [0.05, 0.1) is 6.61 Å². The maximum atomic E-state index is 12.4. The lowest BCUT2D eigenvalue weighted by atomic mass is 9.94. The number of carbonyl (C=O) groups is 3. The van der Waals surface area contributed by atoms with Crippen LogP contribution in [0.5, 0.6) is 0 Å². The number of rotatable bonds is 7. The van der Waals surface area contributed by atoms with E-state index in [0.717, 1.165) is 5.56 Å². The van der Waals surface area contributed by atoms with Crippen LogP contribution in [0, 0.1) is 0 Å². The third-order valence-electron chi connectivity index (χ3n) is 4.81. The molecule has 1 aromatic carbocycles. The zero-order chi connectivity index (χ0) is 22.6. The molecule has 1 aromatic rings. The Bertz CT molecular complexity index is 801. The van der Waals surface area contributed by atoms with E-state index in [1.165, 1.54) is 0 Å². The first-order valence-corrected chi connectivity index (χ1v) is 9.79. The van der Waals surface area contributed by atoms with Crippen LogP contribution in [-0.2, 0) is 35.1 Å². The Morgan fingerprint density at radius 3 is 2.55 bits per heavy atom. The molecule has 31 heavy (non-hydrogen) atoms. The molecule has 2 amide bonds. The standard InChI is InChI=1S/C20H26N2O9/c1-20(2)30-16-14(18(26)29-15(12(24)9-23)17(16)31-20)22-13(25)8-21-19(27)28-10-11-6-4-3-5-7-11/h3-7,12,14-17,23-24H,8-10H2,1-2H3,(H,21,27)(H,22,25)/t12-,14+,15-,16-,17+/m1/s1. The summed E-state index contributed by atoms with van der Waals surface area (Å²) in [5, 5.41) is 23.9. The molecule has 11 heteroatoms. The lowest BCUT2D eigenvalue weighted by molar-refractivity contribution is -0.189. The molecule has 4 N–H and O–H groups in total. The van der Waals surface area contributed by atoms with Crippen molar-refractivity contribution in [2.24, 2.45) is 0 Å². The molecule has 0 aliphatic carbocycles. The molecule has 0 radical (unpaired) electrons. The smallest absolute Gasteiger partial charge is 0.407 e. The van der Waals surface area contributed by atoms with Crippen LogP contribution in [0.1, 0.15) is 19.4 Å². The maximum absolute atomic E-state index is 12.4. The van der Waals surface area contributed by atoms with E-state index in [1.54, 1.807) is 38.1 Å². The topological polar surface area (TPSA) is 153 Å². The van der Waals surface area contributed by atoms with Gasteiger partial charge in [-0.15, -0.1) is 0 Å². The molecule has 0 spiro atoms. The van der Waals surface area contributed by atoms with Gasteiger partial charge < -0.3 is 39.8 Å². The second kappa shape index (κ2) is 9.60. The predicted octanol–water partition coefficient (Wildman–Crippen LogP) is -0.804. The molecule has 0 bridgehead atoms. The first kappa shape index (κ1) is 22.9. The summed E-state index contributed by atoms with van der Waals surface area (Å²) in [5.74, 6) is -2.62. The Morgan fingerprint density at radius 1 is 1.19 bits per heavy atom. The molecule has 2 heterocycles. The third-order valence-corrected chi connectivity index (χ3v) is 4.81. The summed E-state index contributed by atoms with van der Waals surface area (Å²) >= 11 is 0. The fourth-order valence-corrected chi connectivity index (χ4v) is 3.43. The highest BCUT2D eigenvalue weighted by molar-refractivity contribution is 5.88. The van der Waals surface area contributed by atoms with Gasteiger partial charge in [-0.3, -0.25) is 4.79 Å². The lowest BCUT2D eigenvalue weighted by Gasteiger charge is -2.37. The molecule has 2 aliphatic heterocycles. The van der Waals surface area contributed by atoms with E-state index in [-0.39, 0.29) is 6.61 Å². The fourth-order valence-electron chi connectivity index (χ4n) is 3.43. The summed E-state index contributed by atoms with van der Waals surface area (Å²) in [4.78, 5) is 36.5. The summed E-state index contributed by atoms with van der Waals surface area (Å²) < 4.78 is 21.7. The van der Waals surface area contributed by atoms with Gasteiger partial charge in [0.2, 0.25) is 5.91 Å². The summed E-state index contributed by atoms with van der Waals surface area (Å²) in [5.41, 5.74) is 0.790. The van der Waals surface area contributed by atoms with E-state index < -0.39 is 67.4 Å². The van der Waals surface area contributed by atoms with Gasteiger partial charge in [-0.2, -0.15) is 0 Å². The van der Waals surface area contributed by atoms with Crippen LogP contribution in [0.25, 0.3) is 0 Å². The molecule has 2 fully saturated rings. The number of amides is 2. The fraction of sp³-hybridized carbons (Fsp3) is 0.550. The largest absolute Gasteiger partial charge is 0.455 e. The highest BCUT2D eigenvalue weighted by Gasteiger charge is 2.57. The van der Waals surface area contributed by atoms with Crippen molar-refractivity contribution in [2.45, 2.75) is 56.7 Å². The third kappa shape index (κ3) is 5.70. The molecule has 3 rings (SSSR count). The van der Waals surface area contributed by atoms with Crippen LogP contribution in [-0.4, -0.2) is 77.6 Å². The Morgan fingerprint density at radius 2 is 1.87 bits per heavy atom. The number of aliphatic hydroxyl groups excluding tert-OH is 2. The molecule has 0 saturated carbocycles. The van der Waals surface area contributed by atoms with Crippen molar-refractivity contribution in [3.05, 3.63) is 35.9 Å². The number of nitrogens with one attached hydrogen (secondary N) is 2. The number of hydrogen-bond acceptors (Lipinski definition) is 9. The SMILES string of the molecule is CC1(C)O[C@H]2[C@@H]([C@H](O)CO)OC(=O)[C@@H](NC(=O)CNC(=O)OCc3ccccc3)[C@H]2O1. The summed E-state index contributed by atoms with van der Waals surface area (Å²) in [6.45, 7) is 2.18. The van der Waals surface area contributed by atoms with E-state index in [4.69, 9.17) is 18.9 Å². The second-order valence-electron chi connectivity index (χ2n) is 7.68. The monoisotopic (exact) mass is 438 g/mol. The lowest BCUT2D eigenvalue weighted by Crippen LogP contribution is -2.63. The molecule has 0 unspecified atom stereocenters. The Hall–Kier alpha value is -2.73. The van der Waals surface area contributed by atoms with E-state index in [0.29, 0.717) is 0 Å². The van der Waals surface area contributed by atoms with Gasteiger partial charge >= 0.3 is 12.1 Å². The molecule has 5 atom stereocenters. The van der Waals surface area contributed by atoms with Crippen LogP contribution in [0.4, 0.5) is 4.79 Å². The minimum Gasteiger partial charge on any atom is -0.455 e. The van der Waals surface area contributed by atoms with Gasteiger partial charge in [-0.25, -0.2) is 9.59 Å². The minimum atomic E-state index is -1.37. The molecular weight excluding hydrogens is 412 g/mol. The van der Waals surface area contributed by atoms with Crippen LogP contribution < -0.4 is 10.6 Å². The Balaban J connectivity index is 1.54. The van der Waals surface area contributed by atoms with Crippen molar-refractivity contribution >= 4 is 18.0 Å². The maximum Gasteiger partial charge on any atom is 0.407 e. The van der Waals surface area contributed by atoms with Crippen molar-refractivity contribution in [1.82, 2.24) is 10.6 Å². The molecular formula is C20H26N2O9. The first-order chi connectivity index (χ1) is 14.7. The van der Waals surface area contributed by atoms with Crippen molar-refractivity contribution in [2.75, 3.05) is 13.2 Å². The average Bonchev–Trinajstić information content (AvgIpc) is 3.07. The Labute approximate surface area is 178 Å². The number of alkyl carbamates (subject to hydrolysis) is 1. The van der Waals surface area contributed by atoms with Crippen LogP contribution >= 0.6 is 0 Å². The van der Waals surface area contributed by atoms with Gasteiger partial charge in [-0.1, -0.05) is 30.3 Å². The average molecular weight is 438 g/mol. The van der Waals surface area contributed by atoms with Crippen molar-refractivity contribution in [1.29, 1.82) is 0 Å². The second-order valence-corrected chi connectivity index (χ2v) is 7.68. The number of ether oxygens (including phenoxy) is 4. The van der Waals surface area contributed by atoms with Gasteiger partial charge in [-0.05, 0) is 19.4 Å². The van der Waals surface area contributed by atoms with E-state index >= 15 is 0 Å². The molecule has 2 aliphatic rings. The van der Waals surface area contributed by atoms with Crippen LogP contribution in [0.15, 0.2) is 30.3 Å². The number of hydrogen-bond donors (Lipinski definition) is 4. The normalized spacial score (nSPS) is 27.5. The Kier molecular flexibility index (Phi) is 7.11. The van der Waals surface area contributed by atoms with E-state index in [2.05, 4.69) is 10.6 Å². The van der Waals surface area contributed by atoms with E-state index in [9.17, 15) is 24.6 Å². The minimum absolute atomic E-state index is 0.0435. The molecule has 11 nitrogen and oxygen atoms in total. The van der Waals surface area contributed by atoms with E-state index in [1.807, 2.05) is 6.07 Å². The molecule has 2 saturated heterocycles. The van der Waals surface area contributed by atoms with Crippen molar-refractivity contribution < 1.29 is 43.5 Å². The highest BCUT2D eigenvalue weighted by atomic mass is 16.8. The summed E-state index contributed by atoms with van der Waals surface area (Å²) in [6.07, 6.45) is -5.16.